The smallest absolute Gasteiger partial charge is 0.121 e. The quantitative estimate of drug-likeness (QED) is 0.486. The summed E-state index contributed by atoms with van der Waals surface area (Å²) in [7, 11) is 0. The van der Waals surface area contributed by atoms with Gasteiger partial charge in [-0.3, -0.25) is 10.6 Å². The summed E-state index contributed by atoms with van der Waals surface area (Å²) in [6.07, 6.45) is -0.553. The lowest BCUT2D eigenvalue weighted by atomic mass is 9.97. The molecule has 0 amide bonds. The van der Waals surface area contributed by atoms with Gasteiger partial charge in [0.05, 0.1) is 12.1 Å². The molecule has 1 aliphatic heterocycles. The predicted octanol–water partition coefficient (Wildman–Crippen LogP) is 0.450. The molecule has 1 heterocycles. The van der Waals surface area contributed by atoms with Crippen molar-refractivity contribution in [2.75, 3.05) is 0 Å². The van der Waals surface area contributed by atoms with Crippen LogP contribution in [-0.2, 0) is 12.8 Å². The van der Waals surface area contributed by atoms with Gasteiger partial charge in [0.2, 0.25) is 0 Å². The highest BCUT2D eigenvalue weighted by molar-refractivity contribution is 5.28. The van der Waals surface area contributed by atoms with E-state index < -0.39 is 12.5 Å². The minimum absolute atomic E-state index is 0.197. The second-order valence-electron chi connectivity index (χ2n) is 6.18. The van der Waals surface area contributed by atoms with Crippen LogP contribution in [0.25, 0.3) is 0 Å². The van der Waals surface area contributed by atoms with Gasteiger partial charge in [-0.2, -0.15) is 0 Å². The van der Waals surface area contributed by atoms with Crippen molar-refractivity contribution in [3.05, 3.63) is 59.7 Å². The molecule has 2 aromatic carbocycles. The molecule has 4 unspecified atom stereocenters. The first kappa shape index (κ1) is 16.7. The van der Waals surface area contributed by atoms with E-state index in [9.17, 15) is 20.4 Å². The summed E-state index contributed by atoms with van der Waals surface area (Å²) in [6.45, 7) is 0. The first-order valence-electron chi connectivity index (χ1n) is 7.95. The third-order valence-corrected chi connectivity index (χ3v) is 4.32. The molecule has 24 heavy (non-hydrogen) atoms. The topological polar surface area (TPSA) is 105 Å². The van der Waals surface area contributed by atoms with Crippen molar-refractivity contribution in [2.45, 2.75) is 37.4 Å². The number of rotatable bonds is 4. The summed E-state index contributed by atoms with van der Waals surface area (Å²) in [4.78, 5) is 0. The second-order valence-corrected chi connectivity index (χ2v) is 6.18. The number of hydrogen-bond donors (Lipinski definition) is 6. The molecular weight excluding hydrogens is 308 g/mol. The summed E-state index contributed by atoms with van der Waals surface area (Å²) in [5.41, 5.74) is 1.91. The molecule has 0 aromatic heterocycles. The molecular formula is C18H22N2O4. The molecule has 6 nitrogen and oxygen atoms in total. The van der Waals surface area contributed by atoms with E-state index in [4.69, 9.17) is 0 Å². The number of phenols is 2. The van der Waals surface area contributed by atoms with Crippen molar-refractivity contribution >= 4 is 0 Å². The van der Waals surface area contributed by atoms with Gasteiger partial charge in [0, 0.05) is 0 Å². The third kappa shape index (κ3) is 4.04. The minimum Gasteiger partial charge on any atom is -0.508 e. The molecule has 0 spiro atoms. The normalized spacial score (nSPS) is 27.1. The standard InChI is InChI=1S/C18H22N2O4/c21-13-5-1-11(2-6-13)9-15-17(23)20-16(18(24)19-15)10-12-3-7-14(22)8-4-12/h1-8,15-24H,9-10H2. The van der Waals surface area contributed by atoms with E-state index in [0.29, 0.717) is 12.8 Å². The average Bonchev–Trinajstić information content (AvgIpc) is 2.56. The number of aromatic hydroxyl groups is 2. The Morgan fingerprint density at radius 1 is 0.625 bits per heavy atom. The molecule has 0 radical (unpaired) electrons. The highest BCUT2D eigenvalue weighted by Gasteiger charge is 2.34. The van der Waals surface area contributed by atoms with Crippen molar-refractivity contribution in [3.8, 4) is 11.5 Å². The van der Waals surface area contributed by atoms with Gasteiger partial charge < -0.3 is 20.4 Å². The number of aliphatic hydroxyl groups is 2. The zero-order valence-corrected chi connectivity index (χ0v) is 13.1. The lowest BCUT2D eigenvalue weighted by Gasteiger charge is -2.39. The fourth-order valence-corrected chi connectivity index (χ4v) is 2.97. The van der Waals surface area contributed by atoms with Crippen molar-refractivity contribution < 1.29 is 20.4 Å². The molecule has 128 valence electrons. The molecule has 1 saturated heterocycles. The first-order chi connectivity index (χ1) is 11.5. The number of aliphatic hydroxyl groups excluding tert-OH is 2. The molecule has 4 atom stereocenters. The highest BCUT2D eigenvalue weighted by atomic mass is 16.3. The Labute approximate surface area is 140 Å². The van der Waals surface area contributed by atoms with Crippen LogP contribution >= 0.6 is 0 Å². The molecule has 1 aliphatic rings. The third-order valence-electron chi connectivity index (χ3n) is 4.32. The Balaban J connectivity index is 1.61. The van der Waals surface area contributed by atoms with Gasteiger partial charge in [-0.1, -0.05) is 24.3 Å². The van der Waals surface area contributed by atoms with Crippen LogP contribution in [0.15, 0.2) is 48.5 Å². The number of benzene rings is 2. The summed E-state index contributed by atoms with van der Waals surface area (Å²) in [5, 5.41) is 45.4. The van der Waals surface area contributed by atoms with Crippen LogP contribution in [0.1, 0.15) is 11.1 Å². The van der Waals surface area contributed by atoms with Crippen LogP contribution in [0.4, 0.5) is 0 Å². The fourth-order valence-electron chi connectivity index (χ4n) is 2.97. The molecule has 1 fully saturated rings. The molecule has 2 aromatic rings. The van der Waals surface area contributed by atoms with Crippen molar-refractivity contribution in [1.82, 2.24) is 10.6 Å². The zero-order valence-electron chi connectivity index (χ0n) is 13.1. The lowest BCUT2D eigenvalue weighted by molar-refractivity contribution is -0.0305. The minimum atomic E-state index is -0.802. The molecule has 6 N–H and O–H groups in total. The van der Waals surface area contributed by atoms with E-state index in [1.54, 1.807) is 48.5 Å². The van der Waals surface area contributed by atoms with E-state index >= 15 is 0 Å². The number of hydrogen-bond acceptors (Lipinski definition) is 6. The van der Waals surface area contributed by atoms with Crippen molar-refractivity contribution in [1.29, 1.82) is 0 Å². The molecule has 0 bridgehead atoms. The summed E-state index contributed by atoms with van der Waals surface area (Å²) < 4.78 is 0. The van der Waals surface area contributed by atoms with Crippen LogP contribution in [0, 0.1) is 0 Å². The molecule has 3 rings (SSSR count). The van der Waals surface area contributed by atoms with Crippen molar-refractivity contribution in [2.24, 2.45) is 0 Å². The van der Waals surface area contributed by atoms with Gasteiger partial charge in [0.15, 0.2) is 0 Å². The van der Waals surface area contributed by atoms with Gasteiger partial charge in [-0.25, -0.2) is 0 Å². The van der Waals surface area contributed by atoms with Gasteiger partial charge in [0.1, 0.15) is 24.0 Å². The van der Waals surface area contributed by atoms with Crippen LogP contribution in [0.2, 0.25) is 0 Å². The first-order valence-corrected chi connectivity index (χ1v) is 7.95. The maximum Gasteiger partial charge on any atom is 0.121 e. The van der Waals surface area contributed by atoms with E-state index in [1.165, 1.54) is 0 Å². The van der Waals surface area contributed by atoms with Crippen LogP contribution in [0.3, 0.4) is 0 Å². The monoisotopic (exact) mass is 330 g/mol. The Hall–Kier alpha value is -2.12. The molecule has 0 aliphatic carbocycles. The fraction of sp³-hybridized carbons (Fsp3) is 0.333. The number of piperazine rings is 1. The SMILES string of the molecule is Oc1ccc(CC2NC(O)C(Cc3ccc(O)cc3)NC2O)cc1. The largest absolute Gasteiger partial charge is 0.508 e. The number of phenolic OH excluding ortho intramolecular Hbond substituents is 2. The molecule has 0 saturated carbocycles. The second kappa shape index (κ2) is 7.19. The zero-order chi connectivity index (χ0) is 17.1. The number of nitrogens with one attached hydrogen (secondary N) is 2. The van der Waals surface area contributed by atoms with Crippen LogP contribution in [0.5, 0.6) is 11.5 Å². The molecule has 6 heteroatoms. The van der Waals surface area contributed by atoms with Crippen molar-refractivity contribution in [3.63, 3.8) is 0 Å². The van der Waals surface area contributed by atoms with Crippen LogP contribution < -0.4 is 10.6 Å². The van der Waals surface area contributed by atoms with E-state index in [1.807, 2.05) is 0 Å². The Morgan fingerprint density at radius 3 is 1.29 bits per heavy atom. The van der Waals surface area contributed by atoms with E-state index in [-0.39, 0.29) is 23.6 Å². The summed E-state index contributed by atoms with van der Waals surface area (Å²) >= 11 is 0. The van der Waals surface area contributed by atoms with Gasteiger partial charge in [-0.05, 0) is 48.2 Å². The van der Waals surface area contributed by atoms with Gasteiger partial charge in [-0.15, -0.1) is 0 Å². The lowest BCUT2D eigenvalue weighted by Crippen LogP contribution is -2.67. The highest BCUT2D eigenvalue weighted by Crippen LogP contribution is 2.17. The maximum atomic E-state index is 10.3. The Bertz CT molecular complexity index is 600. The Kier molecular flexibility index (Phi) is 5.01. The predicted molar refractivity (Wildman–Crippen MR) is 89.5 cm³/mol. The van der Waals surface area contributed by atoms with Gasteiger partial charge >= 0.3 is 0 Å². The van der Waals surface area contributed by atoms with Gasteiger partial charge in [0.25, 0.3) is 0 Å². The maximum absolute atomic E-state index is 10.3. The van der Waals surface area contributed by atoms with E-state index in [0.717, 1.165) is 11.1 Å². The summed E-state index contributed by atoms with van der Waals surface area (Å²) in [5.74, 6) is 0.394. The van der Waals surface area contributed by atoms with Crippen LogP contribution in [-0.4, -0.2) is 45.0 Å². The summed E-state index contributed by atoms with van der Waals surface area (Å²) in [6, 6.07) is 12.9. The average molecular weight is 330 g/mol. The van der Waals surface area contributed by atoms with E-state index in [2.05, 4.69) is 10.6 Å². The Morgan fingerprint density at radius 2 is 0.958 bits per heavy atom.